The molecule has 0 aliphatic heterocycles. The van der Waals surface area contributed by atoms with Crippen LogP contribution in [0.4, 0.5) is 0 Å². The second kappa shape index (κ2) is 6.24. The Labute approximate surface area is 92.7 Å². The van der Waals surface area contributed by atoms with Gasteiger partial charge in [-0.3, -0.25) is 0 Å². The number of aromatic nitrogens is 1. The van der Waals surface area contributed by atoms with Crippen molar-refractivity contribution < 1.29 is 5.11 Å². The number of pyridine rings is 1. The van der Waals surface area contributed by atoms with E-state index < -0.39 is 6.10 Å². The molecule has 1 aromatic heterocycles. The molecule has 5 heteroatoms. The molecule has 3 N–H and O–H groups in total. The minimum atomic E-state index is -0.426. The standard InChI is InChI=1S/C9H13ClN2OS/c10-8-2-1-4-12-9(8)14-5-3-7(13)6-11/h1-2,4,7,13H,3,5-6,11H2. The summed E-state index contributed by atoms with van der Waals surface area (Å²) < 4.78 is 0. The molecular weight excluding hydrogens is 220 g/mol. The zero-order valence-corrected chi connectivity index (χ0v) is 9.26. The Morgan fingerprint density at radius 2 is 2.43 bits per heavy atom. The van der Waals surface area contributed by atoms with Gasteiger partial charge in [0.05, 0.1) is 11.1 Å². The molecule has 0 saturated heterocycles. The molecule has 1 rings (SSSR count). The summed E-state index contributed by atoms with van der Waals surface area (Å²) in [7, 11) is 0. The first-order valence-electron chi connectivity index (χ1n) is 4.35. The molecule has 0 radical (unpaired) electrons. The normalized spacial score (nSPS) is 12.8. The van der Waals surface area contributed by atoms with E-state index in [0.29, 0.717) is 18.0 Å². The van der Waals surface area contributed by atoms with E-state index in [1.807, 2.05) is 0 Å². The molecule has 1 heterocycles. The van der Waals surface area contributed by atoms with Crippen LogP contribution in [0.15, 0.2) is 23.4 Å². The molecule has 0 aromatic carbocycles. The van der Waals surface area contributed by atoms with E-state index in [4.69, 9.17) is 17.3 Å². The van der Waals surface area contributed by atoms with Crippen LogP contribution in [0.3, 0.4) is 0 Å². The number of aliphatic hydroxyl groups is 1. The monoisotopic (exact) mass is 232 g/mol. The van der Waals surface area contributed by atoms with Gasteiger partial charge >= 0.3 is 0 Å². The zero-order chi connectivity index (χ0) is 10.4. The van der Waals surface area contributed by atoms with Gasteiger partial charge in [-0.1, -0.05) is 11.6 Å². The average Bonchev–Trinajstić information content (AvgIpc) is 2.20. The summed E-state index contributed by atoms with van der Waals surface area (Å²) >= 11 is 7.44. The molecule has 1 aromatic rings. The summed E-state index contributed by atoms with van der Waals surface area (Å²) in [6.45, 7) is 0.302. The van der Waals surface area contributed by atoms with Crippen molar-refractivity contribution in [2.24, 2.45) is 5.73 Å². The number of nitrogens with zero attached hydrogens (tertiary/aromatic N) is 1. The van der Waals surface area contributed by atoms with E-state index in [1.54, 1.807) is 18.3 Å². The number of hydrogen-bond acceptors (Lipinski definition) is 4. The topological polar surface area (TPSA) is 59.1 Å². The third-order valence-corrected chi connectivity index (χ3v) is 3.14. The summed E-state index contributed by atoms with van der Waals surface area (Å²) in [5, 5.41) is 10.7. The molecule has 3 nitrogen and oxygen atoms in total. The zero-order valence-electron chi connectivity index (χ0n) is 7.69. The fourth-order valence-electron chi connectivity index (χ4n) is 0.887. The number of hydrogen-bond donors (Lipinski definition) is 2. The van der Waals surface area contributed by atoms with Crippen LogP contribution in [0.25, 0.3) is 0 Å². The number of aliphatic hydroxyl groups excluding tert-OH is 1. The maximum Gasteiger partial charge on any atom is 0.115 e. The van der Waals surface area contributed by atoms with Crippen molar-refractivity contribution in [2.75, 3.05) is 12.3 Å². The number of nitrogens with two attached hydrogens (primary N) is 1. The van der Waals surface area contributed by atoms with E-state index >= 15 is 0 Å². The lowest BCUT2D eigenvalue weighted by molar-refractivity contribution is 0.180. The fraction of sp³-hybridized carbons (Fsp3) is 0.444. The Balaban J connectivity index is 2.35. The Morgan fingerprint density at radius 3 is 3.07 bits per heavy atom. The Morgan fingerprint density at radius 1 is 1.64 bits per heavy atom. The molecule has 0 aliphatic carbocycles. The van der Waals surface area contributed by atoms with Crippen LogP contribution in [0.1, 0.15) is 6.42 Å². The molecule has 0 amide bonds. The van der Waals surface area contributed by atoms with Gasteiger partial charge < -0.3 is 10.8 Å². The lowest BCUT2D eigenvalue weighted by Crippen LogP contribution is -2.20. The first-order chi connectivity index (χ1) is 6.74. The fourth-order valence-corrected chi connectivity index (χ4v) is 2.10. The van der Waals surface area contributed by atoms with E-state index in [1.165, 1.54) is 11.8 Å². The van der Waals surface area contributed by atoms with Gasteiger partial charge in [-0.2, -0.15) is 0 Å². The maximum absolute atomic E-state index is 9.21. The van der Waals surface area contributed by atoms with E-state index in [-0.39, 0.29) is 0 Å². The van der Waals surface area contributed by atoms with Crippen LogP contribution in [-0.2, 0) is 0 Å². The first-order valence-corrected chi connectivity index (χ1v) is 5.72. The number of thioether (sulfide) groups is 1. The van der Waals surface area contributed by atoms with E-state index in [0.717, 1.165) is 10.8 Å². The highest BCUT2D eigenvalue weighted by atomic mass is 35.5. The molecule has 0 spiro atoms. The highest BCUT2D eigenvalue weighted by Crippen LogP contribution is 2.24. The molecule has 0 saturated carbocycles. The maximum atomic E-state index is 9.21. The van der Waals surface area contributed by atoms with Crippen molar-refractivity contribution in [3.8, 4) is 0 Å². The van der Waals surface area contributed by atoms with Crippen molar-refractivity contribution in [1.82, 2.24) is 4.98 Å². The largest absolute Gasteiger partial charge is 0.392 e. The lowest BCUT2D eigenvalue weighted by atomic mass is 10.3. The summed E-state index contributed by atoms with van der Waals surface area (Å²) in [6.07, 6.45) is 1.94. The van der Waals surface area contributed by atoms with Crippen molar-refractivity contribution in [1.29, 1.82) is 0 Å². The molecular formula is C9H13ClN2OS. The first kappa shape index (κ1) is 11.8. The third kappa shape index (κ3) is 3.84. The average molecular weight is 233 g/mol. The number of rotatable bonds is 5. The van der Waals surface area contributed by atoms with Gasteiger partial charge in [0.25, 0.3) is 0 Å². The van der Waals surface area contributed by atoms with Gasteiger partial charge in [-0.25, -0.2) is 4.98 Å². The van der Waals surface area contributed by atoms with Crippen molar-refractivity contribution in [3.05, 3.63) is 23.4 Å². The summed E-state index contributed by atoms with van der Waals surface area (Å²) in [5.41, 5.74) is 5.28. The molecule has 1 unspecified atom stereocenters. The molecule has 78 valence electrons. The second-order valence-electron chi connectivity index (χ2n) is 2.82. The van der Waals surface area contributed by atoms with Crippen LogP contribution in [0.2, 0.25) is 5.02 Å². The van der Waals surface area contributed by atoms with Crippen molar-refractivity contribution >= 4 is 23.4 Å². The Bertz CT molecular complexity index is 285. The van der Waals surface area contributed by atoms with E-state index in [2.05, 4.69) is 4.98 Å². The van der Waals surface area contributed by atoms with Crippen LogP contribution in [-0.4, -0.2) is 28.5 Å². The SMILES string of the molecule is NCC(O)CCSc1ncccc1Cl. The van der Waals surface area contributed by atoms with Crippen LogP contribution in [0.5, 0.6) is 0 Å². The number of halogens is 1. The van der Waals surface area contributed by atoms with Crippen LogP contribution < -0.4 is 5.73 Å². The second-order valence-corrected chi connectivity index (χ2v) is 4.31. The van der Waals surface area contributed by atoms with Crippen molar-refractivity contribution in [2.45, 2.75) is 17.6 Å². The quantitative estimate of drug-likeness (QED) is 0.757. The van der Waals surface area contributed by atoms with Gasteiger partial charge in [0.15, 0.2) is 0 Å². The highest BCUT2D eigenvalue weighted by Gasteiger charge is 2.04. The summed E-state index contributed by atoms with van der Waals surface area (Å²) in [4.78, 5) is 4.12. The predicted molar refractivity (Wildman–Crippen MR) is 59.6 cm³/mol. The predicted octanol–water partition coefficient (Wildman–Crippen LogP) is 1.54. The minimum absolute atomic E-state index is 0.302. The van der Waals surface area contributed by atoms with Crippen LogP contribution >= 0.6 is 23.4 Å². The van der Waals surface area contributed by atoms with Crippen molar-refractivity contribution in [3.63, 3.8) is 0 Å². The van der Waals surface area contributed by atoms with Crippen LogP contribution in [0, 0.1) is 0 Å². The Kier molecular flexibility index (Phi) is 5.25. The highest BCUT2D eigenvalue weighted by molar-refractivity contribution is 7.99. The van der Waals surface area contributed by atoms with Gasteiger partial charge in [-0.15, -0.1) is 11.8 Å². The summed E-state index contributed by atoms with van der Waals surface area (Å²) in [6, 6.07) is 3.59. The molecule has 1 atom stereocenters. The Hall–Kier alpha value is -0.290. The van der Waals surface area contributed by atoms with Gasteiger partial charge in [0.2, 0.25) is 0 Å². The van der Waals surface area contributed by atoms with Gasteiger partial charge in [-0.05, 0) is 18.6 Å². The molecule has 0 fully saturated rings. The molecule has 0 bridgehead atoms. The van der Waals surface area contributed by atoms with E-state index in [9.17, 15) is 5.11 Å². The van der Waals surface area contributed by atoms with Gasteiger partial charge in [0, 0.05) is 18.5 Å². The third-order valence-electron chi connectivity index (χ3n) is 1.69. The summed E-state index contributed by atoms with van der Waals surface area (Å²) in [5.74, 6) is 0.773. The smallest absolute Gasteiger partial charge is 0.115 e. The lowest BCUT2D eigenvalue weighted by Gasteiger charge is -2.06. The van der Waals surface area contributed by atoms with Gasteiger partial charge in [0.1, 0.15) is 5.03 Å². The molecule has 14 heavy (non-hydrogen) atoms. The minimum Gasteiger partial charge on any atom is -0.392 e. The molecule has 0 aliphatic rings.